The van der Waals surface area contributed by atoms with Gasteiger partial charge in [-0.1, -0.05) is 22.6 Å². The van der Waals surface area contributed by atoms with Gasteiger partial charge in [0.25, 0.3) is 0 Å². The number of benzene rings is 1. The van der Waals surface area contributed by atoms with Gasteiger partial charge in [0.05, 0.1) is 4.43 Å². The molecule has 3 nitrogen and oxygen atoms in total. The number of Topliss-reactive ketones (excluding diaryl/α,β-unsaturated/α-hetero) is 1. The maximum Gasteiger partial charge on any atom is 0.308 e. The number of hydrogen-bond donors (Lipinski definition) is 0. The molecule has 1 rings (SSSR count). The van der Waals surface area contributed by atoms with E-state index >= 15 is 0 Å². The van der Waals surface area contributed by atoms with Gasteiger partial charge in [0, 0.05) is 12.5 Å². The Morgan fingerprint density at radius 2 is 1.86 bits per heavy atom. The van der Waals surface area contributed by atoms with E-state index in [9.17, 15) is 9.59 Å². The van der Waals surface area contributed by atoms with E-state index in [1.54, 1.807) is 24.3 Å². The Morgan fingerprint density at radius 1 is 1.29 bits per heavy atom. The molecule has 1 aromatic rings. The van der Waals surface area contributed by atoms with Crippen LogP contribution in [0.2, 0.25) is 0 Å². The summed E-state index contributed by atoms with van der Waals surface area (Å²) in [6, 6.07) is 6.53. The van der Waals surface area contributed by atoms with Crippen LogP contribution in [-0.2, 0) is 4.79 Å². The normalized spacial score (nSPS) is 9.57. The van der Waals surface area contributed by atoms with Gasteiger partial charge in [-0.05, 0) is 24.3 Å². The Hall–Kier alpha value is -0.910. The molecular weight excluding hydrogens is 295 g/mol. The Balaban J connectivity index is 2.78. The van der Waals surface area contributed by atoms with Crippen molar-refractivity contribution in [2.24, 2.45) is 0 Å². The van der Waals surface area contributed by atoms with Crippen LogP contribution in [0.4, 0.5) is 0 Å². The van der Waals surface area contributed by atoms with Crippen LogP contribution >= 0.6 is 22.6 Å². The van der Waals surface area contributed by atoms with Crippen LogP contribution in [0.1, 0.15) is 17.3 Å². The zero-order valence-corrected chi connectivity index (χ0v) is 9.78. The van der Waals surface area contributed by atoms with E-state index in [2.05, 4.69) is 0 Å². The zero-order chi connectivity index (χ0) is 10.6. The first-order chi connectivity index (χ1) is 6.63. The first-order valence-electron chi connectivity index (χ1n) is 4.01. The minimum Gasteiger partial charge on any atom is -0.427 e. The summed E-state index contributed by atoms with van der Waals surface area (Å²) in [4.78, 5) is 21.8. The third kappa shape index (κ3) is 3.10. The highest BCUT2D eigenvalue weighted by Gasteiger charge is 2.04. The van der Waals surface area contributed by atoms with Crippen LogP contribution < -0.4 is 4.74 Å². The highest BCUT2D eigenvalue weighted by Crippen LogP contribution is 2.13. The van der Waals surface area contributed by atoms with Crippen LogP contribution in [-0.4, -0.2) is 16.2 Å². The quantitative estimate of drug-likeness (QED) is 0.283. The summed E-state index contributed by atoms with van der Waals surface area (Å²) in [7, 11) is 0. The van der Waals surface area contributed by atoms with Crippen molar-refractivity contribution in [2.75, 3.05) is 4.43 Å². The fraction of sp³-hybridized carbons (Fsp3) is 0.200. The van der Waals surface area contributed by atoms with E-state index in [0.717, 1.165) is 0 Å². The second-order valence-corrected chi connectivity index (χ2v) is 3.44. The van der Waals surface area contributed by atoms with Crippen LogP contribution in [0, 0.1) is 0 Å². The van der Waals surface area contributed by atoms with Crippen LogP contribution in [0.25, 0.3) is 0 Å². The molecule has 0 aliphatic rings. The number of alkyl halides is 1. The molecule has 0 fully saturated rings. The van der Waals surface area contributed by atoms with Crippen LogP contribution in [0.3, 0.4) is 0 Å². The molecule has 1 aromatic carbocycles. The van der Waals surface area contributed by atoms with E-state index in [0.29, 0.717) is 15.7 Å². The van der Waals surface area contributed by atoms with Crippen molar-refractivity contribution in [3.8, 4) is 5.75 Å². The second kappa shape index (κ2) is 5.09. The average Bonchev–Trinajstić information content (AvgIpc) is 2.17. The first-order valence-corrected chi connectivity index (χ1v) is 5.53. The van der Waals surface area contributed by atoms with Gasteiger partial charge in [0.2, 0.25) is 0 Å². The van der Waals surface area contributed by atoms with E-state index in [4.69, 9.17) is 4.74 Å². The highest BCUT2D eigenvalue weighted by molar-refractivity contribution is 14.1. The number of hydrogen-bond acceptors (Lipinski definition) is 3. The summed E-state index contributed by atoms with van der Waals surface area (Å²) in [5.74, 6) is 0.167. The summed E-state index contributed by atoms with van der Waals surface area (Å²) in [6.07, 6.45) is 0. The lowest BCUT2D eigenvalue weighted by atomic mass is 10.1. The average molecular weight is 304 g/mol. The number of ketones is 1. The number of halogens is 1. The molecule has 74 valence electrons. The molecule has 0 aliphatic heterocycles. The summed E-state index contributed by atoms with van der Waals surface area (Å²) in [6.45, 7) is 1.34. The van der Waals surface area contributed by atoms with Gasteiger partial charge in [-0.2, -0.15) is 0 Å². The number of esters is 1. The molecule has 0 aromatic heterocycles. The summed E-state index contributed by atoms with van der Waals surface area (Å²) in [5.41, 5.74) is 0.635. The molecule has 0 unspecified atom stereocenters. The number of carbonyl (C=O) groups excluding carboxylic acids is 2. The maximum absolute atomic E-state index is 11.2. The van der Waals surface area contributed by atoms with Gasteiger partial charge in [-0.15, -0.1) is 0 Å². The van der Waals surface area contributed by atoms with Crippen molar-refractivity contribution < 1.29 is 14.3 Å². The van der Waals surface area contributed by atoms with Crippen molar-refractivity contribution in [1.29, 1.82) is 0 Å². The van der Waals surface area contributed by atoms with Crippen molar-refractivity contribution >= 4 is 34.3 Å². The molecule has 0 atom stereocenters. The number of carbonyl (C=O) groups is 2. The summed E-state index contributed by atoms with van der Waals surface area (Å²) >= 11 is 2.01. The van der Waals surface area contributed by atoms with Crippen molar-refractivity contribution in [1.82, 2.24) is 0 Å². The van der Waals surface area contributed by atoms with Crippen LogP contribution in [0.15, 0.2) is 24.3 Å². The van der Waals surface area contributed by atoms with E-state index in [-0.39, 0.29) is 11.8 Å². The number of rotatable bonds is 3. The monoisotopic (exact) mass is 304 g/mol. The molecule has 0 heterocycles. The Labute approximate surface area is 95.6 Å². The molecule has 0 aliphatic carbocycles. The van der Waals surface area contributed by atoms with E-state index in [1.165, 1.54) is 6.92 Å². The van der Waals surface area contributed by atoms with Crippen molar-refractivity contribution in [3.63, 3.8) is 0 Å². The third-order valence-electron chi connectivity index (χ3n) is 1.56. The molecular formula is C10H9IO3. The summed E-state index contributed by atoms with van der Waals surface area (Å²) < 4.78 is 5.28. The maximum atomic E-state index is 11.2. The van der Waals surface area contributed by atoms with Crippen molar-refractivity contribution in [3.05, 3.63) is 29.8 Å². The SMILES string of the molecule is CC(=O)Oc1ccc(C(=O)CI)cc1. The Bertz CT molecular complexity index is 343. The second-order valence-electron chi connectivity index (χ2n) is 2.67. The molecule has 0 spiro atoms. The molecule has 0 bridgehead atoms. The third-order valence-corrected chi connectivity index (χ3v) is 2.25. The summed E-state index contributed by atoms with van der Waals surface area (Å²) in [5, 5.41) is 0. The van der Waals surface area contributed by atoms with E-state index in [1.807, 2.05) is 22.6 Å². The van der Waals surface area contributed by atoms with Crippen LogP contribution in [0.5, 0.6) is 5.75 Å². The largest absolute Gasteiger partial charge is 0.427 e. The predicted octanol–water partition coefficient (Wildman–Crippen LogP) is 2.23. The van der Waals surface area contributed by atoms with Gasteiger partial charge in [0.15, 0.2) is 5.78 Å². The first kappa shape index (κ1) is 11.2. The van der Waals surface area contributed by atoms with Gasteiger partial charge < -0.3 is 4.74 Å². The van der Waals surface area contributed by atoms with Crippen molar-refractivity contribution in [2.45, 2.75) is 6.92 Å². The predicted molar refractivity (Wildman–Crippen MR) is 61.0 cm³/mol. The molecule has 4 heteroatoms. The molecule has 0 saturated heterocycles. The van der Waals surface area contributed by atoms with Gasteiger partial charge in [0.1, 0.15) is 5.75 Å². The van der Waals surface area contributed by atoms with Gasteiger partial charge in [-0.3, -0.25) is 9.59 Å². The van der Waals surface area contributed by atoms with Gasteiger partial charge in [-0.25, -0.2) is 0 Å². The molecule has 14 heavy (non-hydrogen) atoms. The molecule has 0 radical (unpaired) electrons. The highest BCUT2D eigenvalue weighted by atomic mass is 127. The molecule has 0 saturated carbocycles. The fourth-order valence-electron chi connectivity index (χ4n) is 0.952. The minimum absolute atomic E-state index is 0.0694. The fourth-order valence-corrected chi connectivity index (χ4v) is 1.39. The van der Waals surface area contributed by atoms with Gasteiger partial charge >= 0.3 is 5.97 Å². The Morgan fingerprint density at radius 3 is 2.29 bits per heavy atom. The number of ether oxygens (including phenoxy) is 1. The topological polar surface area (TPSA) is 43.4 Å². The molecule has 0 amide bonds. The van der Waals surface area contributed by atoms with E-state index < -0.39 is 0 Å². The lowest BCUT2D eigenvalue weighted by Gasteiger charge is -2.01. The Kier molecular flexibility index (Phi) is 4.06. The smallest absolute Gasteiger partial charge is 0.308 e. The molecule has 0 N–H and O–H groups in total. The lowest BCUT2D eigenvalue weighted by Crippen LogP contribution is -2.03. The zero-order valence-electron chi connectivity index (χ0n) is 7.62. The minimum atomic E-state index is -0.363. The lowest BCUT2D eigenvalue weighted by molar-refractivity contribution is -0.131. The standard InChI is InChI=1S/C10H9IO3/c1-7(12)14-9-4-2-8(3-5-9)10(13)6-11/h2-5H,6H2,1H3.